The number of carbonyl (C=O) groups excluding carboxylic acids is 1. The minimum Gasteiger partial charge on any atom is -0.497 e. The third-order valence-corrected chi connectivity index (χ3v) is 5.13. The molecule has 1 fully saturated rings. The third kappa shape index (κ3) is 4.98. The van der Waals surface area contributed by atoms with Crippen LogP contribution in [0.25, 0.3) is 6.08 Å². The molecule has 1 unspecified atom stereocenters. The van der Waals surface area contributed by atoms with E-state index in [9.17, 15) is 9.90 Å². The van der Waals surface area contributed by atoms with E-state index in [1.165, 1.54) is 11.6 Å². The number of hydrogen-bond acceptors (Lipinski definition) is 5. The first kappa shape index (κ1) is 20.1. The van der Waals surface area contributed by atoms with Crippen LogP contribution >= 0.6 is 0 Å². The van der Waals surface area contributed by atoms with Crippen molar-refractivity contribution in [2.75, 3.05) is 20.2 Å². The SMILES string of the molecule is COc1ccc(C(O)CN2CCC[C@H]2c2ccc(C=CC(=O)NO)cc2)cc1. The Morgan fingerprint density at radius 3 is 2.61 bits per heavy atom. The van der Waals surface area contributed by atoms with Crippen LogP contribution in [0.3, 0.4) is 0 Å². The van der Waals surface area contributed by atoms with Crippen molar-refractivity contribution in [1.82, 2.24) is 10.4 Å². The van der Waals surface area contributed by atoms with Crippen molar-refractivity contribution in [3.8, 4) is 5.75 Å². The highest BCUT2D eigenvalue weighted by Gasteiger charge is 2.27. The molecule has 0 bridgehead atoms. The number of aliphatic hydroxyl groups excluding tert-OH is 1. The van der Waals surface area contributed by atoms with Gasteiger partial charge in [0, 0.05) is 18.7 Å². The van der Waals surface area contributed by atoms with E-state index in [-0.39, 0.29) is 6.04 Å². The fraction of sp³-hybridized carbons (Fsp3) is 0.318. The first-order chi connectivity index (χ1) is 13.6. The molecule has 148 valence electrons. The number of hydroxylamine groups is 1. The minimum absolute atomic E-state index is 0.270. The van der Waals surface area contributed by atoms with Gasteiger partial charge in [0.1, 0.15) is 5.75 Å². The van der Waals surface area contributed by atoms with Gasteiger partial charge in [-0.25, -0.2) is 5.48 Å². The molecule has 1 aliphatic heterocycles. The van der Waals surface area contributed by atoms with E-state index < -0.39 is 12.0 Å². The number of nitrogens with zero attached hydrogens (tertiary/aromatic N) is 1. The third-order valence-electron chi connectivity index (χ3n) is 5.13. The van der Waals surface area contributed by atoms with Crippen LogP contribution in [0.1, 0.15) is 41.7 Å². The second kappa shape index (κ2) is 9.50. The molecule has 28 heavy (non-hydrogen) atoms. The van der Waals surface area contributed by atoms with Crippen LogP contribution in [0.15, 0.2) is 54.6 Å². The molecule has 6 heteroatoms. The summed E-state index contributed by atoms with van der Waals surface area (Å²) >= 11 is 0. The first-order valence-corrected chi connectivity index (χ1v) is 9.39. The van der Waals surface area contributed by atoms with E-state index in [1.54, 1.807) is 18.7 Å². The first-order valence-electron chi connectivity index (χ1n) is 9.39. The van der Waals surface area contributed by atoms with Gasteiger partial charge in [0.05, 0.1) is 13.2 Å². The van der Waals surface area contributed by atoms with Crippen LogP contribution in [0.4, 0.5) is 0 Å². The summed E-state index contributed by atoms with van der Waals surface area (Å²) in [5.41, 5.74) is 4.54. The van der Waals surface area contributed by atoms with E-state index in [1.807, 2.05) is 36.4 Å². The lowest BCUT2D eigenvalue weighted by molar-refractivity contribution is -0.124. The van der Waals surface area contributed by atoms with Gasteiger partial charge in [0.25, 0.3) is 5.91 Å². The zero-order chi connectivity index (χ0) is 19.9. The molecule has 0 radical (unpaired) electrons. The van der Waals surface area contributed by atoms with Gasteiger partial charge in [-0.1, -0.05) is 36.4 Å². The Morgan fingerprint density at radius 1 is 1.25 bits per heavy atom. The highest BCUT2D eigenvalue weighted by molar-refractivity contribution is 5.90. The standard InChI is InChI=1S/C22H26N2O4/c1-28-19-11-9-18(10-12-19)21(25)15-24-14-2-3-20(24)17-7-4-16(5-8-17)6-13-22(26)23-27/h4-13,20-21,25,27H,2-3,14-15H2,1H3,(H,23,26)/t20-,21?/m0/s1. The average molecular weight is 382 g/mol. The van der Waals surface area contributed by atoms with Crippen LogP contribution in [0, 0.1) is 0 Å². The lowest BCUT2D eigenvalue weighted by Gasteiger charge is -2.27. The second-order valence-corrected chi connectivity index (χ2v) is 6.92. The van der Waals surface area contributed by atoms with E-state index >= 15 is 0 Å². The van der Waals surface area contributed by atoms with E-state index in [0.717, 1.165) is 36.3 Å². The van der Waals surface area contributed by atoms with Gasteiger partial charge in [-0.15, -0.1) is 0 Å². The number of nitrogens with one attached hydrogen (secondary N) is 1. The summed E-state index contributed by atoms with van der Waals surface area (Å²) in [6.45, 7) is 1.53. The van der Waals surface area contributed by atoms with E-state index in [4.69, 9.17) is 9.94 Å². The number of aliphatic hydroxyl groups is 1. The summed E-state index contributed by atoms with van der Waals surface area (Å²) in [5, 5.41) is 19.2. The fourth-order valence-electron chi connectivity index (χ4n) is 3.61. The number of carbonyl (C=O) groups is 1. The average Bonchev–Trinajstić information content (AvgIpc) is 3.20. The molecule has 0 spiro atoms. The number of β-amino-alcohol motifs (C(OH)–C–C–N with tert-alkyl or cyclic N) is 1. The predicted octanol–water partition coefficient (Wildman–Crippen LogP) is 3.08. The van der Waals surface area contributed by atoms with Crippen LogP contribution in [-0.4, -0.2) is 41.3 Å². The van der Waals surface area contributed by atoms with Crippen molar-refractivity contribution in [3.63, 3.8) is 0 Å². The Labute approximate surface area is 165 Å². The molecule has 0 saturated carbocycles. The molecule has 1 heterocycles. The van der Waals surface area contributed by atoms with E-state index in [2.05, 4.69) is 17.0 Å². The van der Waals surface area contributed by atoms with Gasteiger partial charge < -0.3 is 9.84 Å². The van der Waals surface area contributed by atoms with Crippen molar-refractivity contribution < 1.29 is 19.8 Å². The molecular formula is C22H26N2O4. The largest absolute Gasteiger partial charge is 0.497 e. The Hall–Kier alpha value is -2.67. The zero-order valence-corrected chi connectivity index (χ0v) is 15.9. The lowest BCUT2D eigenvalue weighted by atomic mass is 10.0. The van der Waals surface area contributed by atoms with Crippen molar-refractivity contribution in [3.05, 3.63) is 71.3 Å². The van der Waals surface area contributed by atoms with Gasteiger partial charge in [-0.2, -0.15) is 0 Å². The van der Waals surface area contributed by atoms with Gasteiger partial charge >= 0.3 is 0 Å². The lowest BCUT2D eigenvalue weighted by Crippen LogP contribution is -2.28. The molecular weight excluding hydrogens is 356 g/mol. The van der Waals surface area contributed by atoms with Gasteiger partial charge in [-0.05, 0) is 54.3 Å². The molecule has 2 atom stereocenters. The van der Waals surface area contributed by atoms with Gasteiger partial charge in [0.2, 0.25) is 0 Å². The Balaban J connectivity index is 1.65. The number of methoxy groups -OCH3 is 1. The Bertz CT molecular complexity index is 802. The van der Waals surface area contributed by atoms with Gasteiger partial charge in [0.15, 0.2) is 0 Å². The number of ether oxygens (including phenoxy) is 1. The second-order valence-electron chi connectivity index (χ2n) is 6.92. The van der Waals surface area contributed by atoms with Crippen molar-refractivity contribution in [2.45, 2.75) is 25.0 Å². The molecule has 3 rings (SSSR count). The van der Waals surface area contributed by atoms with Crippen LogP contribution in [0.5, 0.6) is 5.75 Å². The molecule has 6 nitrogen and oxygen atoms in total. The highest BCUT2D eigenvalue weighted by atomic mass is 16.5. The quantitative estimate of drug-likeness (QED) is 0.389. The fourth-order valence-corrected chi connectivity index (χ4v) is 3.61. The smallest absolute Gasteiger partial charge is 0.267 e. The maximum atomic E-state index is 11.1. The topological polar surface area (TPSA) is 82.0 Å². The molecule has 0 aromatic heterocycles. The molecule has 2 aromatic rings. The number of benzene rings is 2. The maximum absolute atomic E-state index is 11.1. The predicted molar refractivity (Wildman–Crippen MR) is 107 cm³/mol. The molecule has 1 saturated heterocycles. The summed E-state index contributed by atoms with van der Waals surface area (Å²) in [6.07, 6.45) is 4.53. The van der Waals surface area contributed by atoms with Gasteiger partial charge in [-0.3, -0.25) is 14.9 Å². The molecule has 1 aliphatic rings. The minimum atomic E-state index is -0.557. The summed E-state index contributed by atoms with van der Waals surface area (Å²) in [6, 6.07) is 15.8. The maximum Gasteiger partial charge on any atom is 0.267 e. The molecule has 0 aliphatic carbocycles. The summed E-state index contributed by atoms with van der Waals surface area (Å²) in [5.74, 6) is 0.221. The summed E-state index contributed by atoms with van der Waals surface area (Å²) in [4.78, 5) is 13.4. The monoisotopic (exact) mass is 382 g/mol. The highest BCUT2D eigenvalue weighted by Crippen LogP contribution is 2.33. The number of amides is 1. The van der Waals surface area contributed by atoms with Crippen LogP contribution in [-0.2, 0) is 4.79 Å². The van der Waals surface area contributed by atoms with Crippen molar-refractivity contribution >= 4 is 12.0 Å². The van der Waals surface area contributed by atoms with Crippen molar-refractivity contribution in [2.24, 2.45) is 0 Å². The Kier molecular flexibility index (Phi) is 6.81. The summed E-state index contributed by atoms with van der Waals surface area (Å²) < 4.78 is 5.17. The number of hydrogen-bond donors (Lipinski definition) is 3. The molecule has 1 amide bonds. The molecule has 2 aromatic carbocycles. The Morgan fingerprint density at radius 2 is 1.96 bits per heavy atom. The van der Waals surface area contributed by atoms with Crippen molar-refractivity contribution in [1.29, 1.82) is 0 Å². The summed E-state index contributed by atoms with van der Waals surface area (Å²) in [7, 11) is 1.63. The molecule has 3 N–H and O–H groups in total. The number of rotatable bonds is 7. The number of likely N-dealkylation sites (tertiary alicyclic amines) is 1. The van der Waals surface area contributed by atoms with E-state index in [0.29, 0.717) is 6.54 Å². The van der Waals surface area contributed by atoms with Crippen LogP contribution < -0.4 is 10.2 Å². The normalized spacial score (nSPS) is 18.3. The van der Waals surface area contributed by atoms with Crippen LogP contribution in [0.2, 0.25) is 0 Å². The zero-order valence-electron chi connectivity index (χ0n) is 15.9.